The Morgan fingerprint density at radius 2 is 1.90 bits per heavy atom. The van der Waals surface area contributed by atoms with Crippen molar-refractivity contribution in [1.82, 2.24) is 10.2 Å². The highest BCUT2D eigenvalue weighted by Gasteiger charge is 2.32. The van der Waals surface area contributed by atoms with Gasteiger partial charge in [0, 0.05) is 38.3 Å². The maximum atomic E-state index is 5.58. The van der Waals surface area contributed by atoms with Gasteiger partial charge < -0.3 is 11.1 Å². The van der Waals surface area contributed by atoms with Gasteiger partial charge in [-0.15, -0.1) is 37.2 Å². The van der Waals surface area contributed by atoms with Gasteiger partial charge in [-0.1, -0.05) is 24.3 Å². The minimum atomic E-state index is 0. The van der Waals surface area contributed by atoms with E-state index in [9.17, 15) is 0 Å². The maximum absolute atomic E-state index is 5.58. The summed E-state index contributed by atoms with van der Waals surface area (Å²) in [5, 5.41) is 3.58. The van der Waals surface area contributed by atoms with E-state index >= 15 is 0 Å². The Balaban J connectivity index is 0.00000133. The third kappa shape index (κ3) is 4.72. The largest absolute Gasteiger partial charge is 0.329 e. The number of hydrogen-bond acceptors (Lipinski definition) is 3. The summed E-state index contributed by atoms with van der Waals surface area (Å²) in [6, 6.07) is 10.2. The first kappa shape index (κ1) is 21.0. The zero-order chi connectivity index (χ0) is 12.4. The van der Waals surface area contributed by atoms with Crippen molar-refractivity contribution in [2.24, 2.45) is 5.73 Å². The molecule has 0 aliphatic carbocycles. The number of rotatable bonds is 3. The molecule has 1 aromatic carbocycles. The summed E-state index contributed by atoms with van der Waals surface area (Å²) in [5.41, 5.74) is 8.69. The lowest BCUT2D eigenvalue weighted by molar-refractivity contribution is 0.116. The summed E-state index contributed by atoms with van der Waals surface area (Å²) in [6.07, 6.45) is 3.71. The molecule has 0 unspecified atom stereocenters. The van der Waals surface area contributed by atoms with E-state index in [2.05, 4.69) is 34.5 Å². The van der Waals surface area contributed by atoms with Gasteiger partial charge in [-0.05, 0) is 30.4 Å². The molecule has 3 nitrogen and oxygen atoms in total. The zero-order valence-corrected chi connectivity index (χ0v) is 14.6. The number of hydrogen-bond donors (Lipinski definition) is 2. The Morgan fingerprint density at radius 1 is 1.14 bits per heavy atom. The van der Waals surface area contributed by atoms with Gasteiger partial charge >= 0.3 is 0 Å². The summed E-state index contributed by atoms with van der Waals surface area (Å²) >= 11 is 0. The van der Waals surface area contributed by atoms with Gasteiger partial charge in [0.2, 0.25) is 0 Å². The topological polar surface area (TPSA) is 41.3 Å². The maximum Gasteiger partial charge on any atom is 0.0365 e. The van der Waals surface area contributed by atoms with E-state index in [-0.39, 0.29) is 37.2 Å². The molecule has 0 aromatic heterocycles. The van der Waals surface area contributed by atoms with Crippen LogP contribution in [0.25, 0.3) is 0 Å². The molecular weight excluding hydrogens is 329 g/mol. The summed E-state index contributed by atoms with van der Waals surface area (Å²) in [7, 11) is 0. The van der Waals surface area contributed by atoms with E-state index < -0.39 is 0 Å². The van der Waals surface area contributed by atoms with Crippen molar-refractivity contribution in [3.63, 3.8) is 0 Å². The molecule has 2 heterocycles. The predicted molar refractivity (Wildman–Crippen MR) is 96.3 cm³/mol. The molecule has 1 fully saturated rings. The van der Waals surface area contributed by atoms with E-state index in [4.69, 9.17) is 5.73 Å². The first-order valence-electron chi connectivity index (χ1n) is 7.14. The van der Waals surface area contributed by atoms with Crippen LogP contribution in [0, 0.1) is 0 Å². The van der Waals surface area contributed by atoms with Crippen LogP contribution in [0.5, 0.6) is 0 Å². The third-order valence-electron chi connectivity index (χ3n) is 4.37. The summed E-state index contributed by atoms with van der Waals surface area (Å²) in [6.45, 7) is 4.13. The molecule has 0 bridgehead atoms. The lowest BCUT2D eigenvalue weighted by Crippen LogP contribution is -2.47. The zero-order valence-electron chi connectivity index (χ0n) is 12.2. The van der Waals surface area contributed by atoms with Crippen LogP contribution in [-0.4, -0.2) is 37.1 Å². The Bertz CT molecular complexity index is 417. The third-order valence-corrected chi connectivity index (χ3v) is 4.37. The molecule has 1 aromatic rings. The first-order valence-corrected chi connectivity index (χ1v) is 7.14. The van der Waals surface area contributed by atoms with Crippen molar-refractivity contribution in [2.45, 2.75) is 31.3 Å². The van der Waals surface area contributed by atoms with Crippen molar-refractivity contribution in [3.8, 4) is 0 Å². The lowest BCUT2D eigenvalue weighted by Gasteiger charge is -2.43. The van der Waals surface area contributed by atoms with Crippen molar-refractivity contribution in [3.05, 3.63) is 35.4 Å². The van der Waals surface area contributed by atoms with Gasteiger partial charge in [-0.3, -0.25) is 4.90 Å². The summed E-state index contributed by atoms with van der Waals surface area (Å²) in [5.74, 6) is 0. The lowest BCUT2D eigenvalue weighted by atomic mass is 9.85. The molecule has 6 heteroatoms. The fourth-order valence-electron chi connectivity index (χ4n) is 3.43. The predicted octanol–water partition coefficient (Wildman–Crippen LogP) is 2.56. The van der Waals surface area contributed by atoms with E-state index in [0.29, 0.717) is 12.1 Å². The number of piperidine rings is 1. The van der Waals surface area contributed by atoms with Crippen molar-refractivity contribution in [2.75, 3.05) is 26.2 Å². The van der Waals surface area contributed by atoms with Crippen LogP contribution in [0.4, 0.5) is 0 Å². The average Bonchev–Trinajstić information content (AvgIpc) is 2.45. The van der Waals surface area contributed by atoms with Gasteiger partial charge in [0.25, 0.3) is 0 Å². The smallest absolute Gasteiger partial charge is 0.0365 e. The van der Waals surface area contributed by atoms with Crippen molar-refractivity contribution >= 4 is 37.2 Å². The Hall–Kier alpha value is -0.0300. The molecule has 0 spiro atoms. The Kier molecular flexibility index (Phi) is 9.87. The standard InChI is InChI=1S/C15H23N3.3ClH/c16-7-8-17-13-6-10-18-9-5-12-3-1-2-4-14(12)15(18)11-13;;;/h1-4,13,15,17H,5-11,16H2;3*1H/t13-,15+;;;/m1.../s1. The van der Waals surface area contributed by atoms with Crippen LogP contribution in [0.2, 0.25) is 0 Å². The minimum Gasteiger partial charge on any atom is -0.329 e. The van der Waals surface area contributed by atoms with Crippen LogP contribution >= 0.6 is 37.2 Å². The van der Waals surface area contributed by atoms with Crippen LogP contribution in [0.15, 0.2) is 24.3 Å². The average molecular weight is 355 g/mol. The van der Waals surface area contributed by atoms with Gasteiger partial charge in [0.15, 0.2) is 0 Å². The highest BCUT2D eigenvalue weighted by molar-refractivity contribution is 5.86. The molecule has 122 valence electrons. The number of nitrogens with two attached hydrogens (primary N) is 1. The highest BCUT2D eigenvalue weighted by Crippen LogP contribution is 2.36. The molecular formula is C15H26Cl3N3. The number of nitrogens with one attached hydrogen (secondary N) is 1. The minimum absolute atomic E-state index is 0. The fraction of sp³-hybridized carbons (Fsp3) is 0.600. The second kappa shape index (κ2) is 9.88. The normalized spacial score (nSPS) is 23.7. The number of nitrogens with zero attached hydrogens (tertiary/aromatic N) is 1. The summed E-state index contributed by atoms with van der Waals surface area (Å²) < 4.78 is 0. The van der Waals surface area contributed by atoms with Crippen LogP contribution in [0.3, 0.4) is 0 Å². The van der Waals surface area contributed by atoms with Gasteiger partial charge in [-0.2, -0.15) is 0 Å². The molecule has 2 aliphatic rings. The second-order valence-electron chi connectivity index (χ2n) is 5.46. The van der Waals surface area contributed by atoms with Crippen LogP contribution in [-0.2, 0) is 6.42 Å². The van der Waals surface area contributed by atoms with Gasteiger partial charge in [-0.25, -0.2) is 0 Å². The molecule has 3 rings (SSSR count). The molecule has 0 saturated carbocycles. The van der Waals surface area contributed by atoms with Gasteiger partial charge in [0.05, 0.1) is 0 Å². The van der Waals surface area contributed by atoms with E-state index in [1.54, 1.807) is 11.1 Å². The van der Waals surface area contributed by atoms with Crippen LogP contribution in [0.1, 0.15) is 30.0 Å². The molecule has 3 N–H and O–H groups in total. The number of halogens is 3. The van der Waals surface area contributed by atoms with Crippen molar-refractivity contribution in [1.29, 1.82) is 0 Å². The quantitative estimate of drug-likeness (QED) is 0.876. The van der Waals surface area contributed by atoms with Crippen LogP contribution < -0.4 is 11.1 Å². The Morgan fingerprint density at radius 3 is 2.67 bits per heavy atom. The monoisotopic (exact) mass is 353 g/mol. The molecule has 21 heavy (non-hydrogen) atoms. The molecule has 1 saturated heterocycles. The molecule has 2 aliphatic heterocycles. The number of fused-ring (bicyclic) bond motifs is 3. The SMILES string of the molecule is Cl.Cl.Cl.NCCN[C@@H]1CCN2CCc3ccccc3[C@@H]2C1. The molecule has 0 radical (unpaired) electrons. The first-order chi connectivity index (χ1) is 8.88. The number of benzene rings is 1. The summed E-state index contributed by atoms with van der Waals surface area (Å²) in [4.78, 5) is 2.66. The second-order valence-corrected chi connectivity index (χ2v) is 5.46. The van der Waals surface area contributed by atoms with E-state index in [1.807, 2.05) is 0 Å². The molecule has 0 amide bonds. The van der Waals surface area contributed by atoms with Gasteiger partial charge in [0.1, 0.15) is 0 Å². The van der Waals surface area contributed by atoms with E-state index in [1.165, 1.54) is 32.4 Å². The highest BCUT2D eigenvalue weighted by atomic mass is 35.5. The van der Waals surface area contributed by atoms with Crippen molar-refractivity contribution < 1.29 is 0 Å². The molecule has 2 atom stereocenters. The van der Waals surface area contributed by atoms with E-state index in [0.717, 1.165) is 13.1 Å². The Labute approximate surface area is 146 Å². The fourth-order valence-corrected chi connectivity index (χ4v) is 3.43.